The zero-order valence-electron chi connectivity index (χ0n) is 10.2. The first-order chi connectivity index (χ1) is 9.42. The fraction of sp³-hybridized carbons (Fsp3) is 0.0667. The van der Waals surface area contributed by atoms with Crippen LogP contribution in [0.4, 0.5) is 0 Å². The Balaban J connectivity index is 1.97. The number of imidazole rings is 2. The summed E-state index contributed by atoms with van der Waals surface area (Å²) in [5.41, 5.74) is 4.98. The third-order valence-corrected chi connectivity index (χ3v) is 3.91. The highest BCUT2D eigenvalue weighted by atomic mass is 15.2. The third kappa shape index (κ3) is 1.04. The van der Waals surface area contributed by atoms with Crippen LogP contribution in [0.15, 0.2) is 55.2 Å². The lowest BCUT2D eigenvalue weighted by Gasteiger charge is -1.91. The van der Waals surface area contributed by atoms with Crippen molar-refractivity contribution in [2.75, 3.05) is 0 Å². The molecule has 5 heterocycles. The van der Waals surface area contributed by atoms with Gasteiger partial charge in [-0.05, 0) is 18.2 Å². The minimum absolute atomic E-state index is 0.934. The first kappa shape index (κ1) is 9.33. The molecule has 0 amide bonds. The Kier molecular flexibility index (Phi) is 1.49. The summed E-state index contributed by atoms with van der Waals surface area (Å²) in [6.45, 7) is 0.934. The van der Waals surface area contributed by atoms with Crippen LogP contribution in [0.2, 0.25) is 0 Å². The molecule has 19 heavy (non-hydrogen) atoms. The van der Waals surface area contributed by atoms with Crippen molar-refractivity contribution in [1.82, 2.24) is 13.8 Å². The molecule has 90 valence electrons. The Morgan fingerprint density at radius 3 is 3.16 bits per heavy atom. The van der Waals surface area contributed by atoms with Gasteiger partial charge in [0.25, 0.3) is 11.5 Å². The van der Waals surface area contributed by atoms with Crippen LogP contribution in [-0.4, -0.2) is 13.8 Å². The summed E-state index contributed by atoms with van der Waals surface area (Å²) in [7, 11) is 0. The van der Waals surface area contributed by atoms with E-state index in [1.165, 1.54) is 28.1 Å². The first-order valence-electron chi connectivity index (χ1n) is 6.36. The molecule has 0 radical (unpaired) electrons. The molecule has 4 aromatic rings. The van der Waals surface area contributed by atoms with E-state index in [-0.39, 0.29) is 0 Å². The van der Waals surface area contributed by atoms with Crippen molar-refractivity contribution in [3.63, 3.8) is 0 Å². The molecule has 4 aromatic heterocycles. The minimum Gasteiger partial charge on any atom is -0.277 e. The largest absolute Gasteiger partial charge is 0.297 e. The lowest BCUT2D eigenvalue weighted by Crippen LogP contribution is -2.29. The van der Waals surface area contributed by atoms with Gasteiger partial charge in [0.1, 0.15) is 12.7 Å². The lowest BCUT2D eigenvalue weighted by atomic mass is 10.2. The summed E-state index contributed by atoms with van der Waals surface area (Å²) in [6, 6.07) is 8.36. The third-order valence-electron chi connectivity index (χ3n) is 3.91. The maximum Gasteiger partial charge on any atom is 0.297 e. The number of aromatic nitrogens is 4. The summed E-state index contributed by atoms with van der Waals surface area (Å²) >= 11 is 0. The molecule has 0 fully saturated rings. The molecule has 0 unspecified atom stereocenters. The quantitative estimate of drug-likeness (QED) is 0.384. The molecule has 0 spiro atoms. The van der Waals surface area contributed by atoms with Gasteiger partial charge >= 0.3 is 0 Å². The van der Waals surface area contributed by atoms with E-state index in [4.69, 9.17) is 0 Å². The number of fused-ring (bicyclic) bond motifs is 7. The predicted molar refractivity (Wildman–Crippen MR) is 70.9 cm³/mol. The maximum atomic E-state index is 4.26. The van der Waals surface area contributed by atoms with E-state index >= 15 is 0 Å². The summed E-state index contributed by atoms with van der Waals surface area (Å²) < 4.78 is 6.76. The zero-order valence-corrected chi connectivity index (χ0v) is 10.2. The normalized spacial score (nSPS) is 13.1. The second-order valence-electron chi connectivity index (χ2n) is 4.97. The van der Waals surface area contributed by atoms with E-state index in [9.17, 15) is 0 Å². The Hall–Kier alpha value is -2.62. The highest BCUT2D eigenvalue weighted by molar-refractivity contribution is 5.66. The van der Waals surface area contributed by atoms with Crippen molar-refractivity contribution in [2.45, 2.75) is 6.54 Å². The van der Waals surface area contributed by atoms with Gasteiger partial charge in [0.2, 0.25) is 0 Å². The van der Waals surface area contributed by atoms with Crippen LogP contribution in [-0.2, 0) is 6.54 Å². The molecular weight excluding hydrogens is 236 g/mol. The fourth-order valence-corrected chi connectivity index (χ4v) is 3.07. The van der Waals surface area contributed by atoms with E-state index in [0.29, 0.717) is 0 Å². The Bertz CT molecular complexity index is 945. The van der Waals surface area contributed by atoms with Gasteiger partial charge in [-0.25, -0.2) is 4.57 Å². The van der Waals surface area contributed by atoms with E-state index < -0.39 is 0 Å². The van der Waals surface area contributed by atoms with Gasteiger partial charge in [-0.3, -0.25) is 9.38 Å². The van der Waals surface area contributed by atoms with E-state index in [1.54, 1.807) is 0 Å². The molecule has 0 N–H and O–H groups in total. The summed E-state index contributed by atoms with van der Waals surface area (Å²) in [6.07, 6.45) is 10.3. The molecule has 0 aromatic carbocycles. The van der Waals surface area contributed by atoms with Crippen LogP contribution in [0.1, 0.15) is 5.56 Å². The second-order valence-corrected chi connectivity index (χ2v) is 4.97. The second kappa shape index (κ2) is 3.03. The molecule has 0 bridgehead atoms. The lowest BCUT2D eigenvalue weighted by molar-refractivity contribution is -0.670. The maximum absolute atomic E-state index is 4.26. The Labute approximate surface area is 109 Å². The minimum atomic E-state index is 0.934. The summed E-state index contributed by atoms with van der Waals surface area (Å²) in [5.74, 6) is 1.22. The van der Waals surface area contributed by atoms with Crippen LogP contribution in [0.3, 0.4) is 0 Å². The molecule has 4 heteroatoms. The van der Waals surface area contributed by atoms with Gasteiger partial charge in [-0.15, -0.1) is 0 Å². The molecule has 0 atom stereocenters. The SMILES string of the molecule is c1ccn2c(c1)cn1c3[n+](cc12)Cc1ccncc1-3. The topological polar surface area (TPSA) is 25.6 Å². The highest BCUT2D eigenvalue weighted by Crippen LogP contribution is 2.28. The molecule has 1 aliphatic heterocycles. The van der Waals surface area contributed by atoms with Crippen molar-refractivity contribution in [3.05, 3.63) is 60.8 Å². The molecule has 0 saturated carbocycles. The highest BCUT2D eigenvalue weighted by Gasteiger charge is 2.31. The van der Waals surface area contributed by atoms with Gasteiger partial charge < -0.3 is 0 Å². The van der Waals surface area contributed by atoms with Crippen molar-refractivity contribution < 1.29 is 4.57 Å². The molecule has 0 aliphatic carbocycles. The summed E-state index contributed by atoms with van der Waals surface area (Å²) in [5, 5.41) is 0. The van der Waals surface area contributed by atoms with Gasteiger partial charge in [-0.1, -0.05) is 6.07 Å². The number of rotatable bonds is 0. The summed E-state index contributed by atoms with van der Waals surface area (Å²) in [4.78, 5) is 4.26. The molecule has 4 nitrogen and oxygen atoms in total. The Morgan fingerprint density at radius 1 is 1.16 bits per heavy atom. The van der Waals surface area contributed by atoms with Crippen LogP contribution >= 0.6 is 0 Å². The molecule has 0 saturated heterocycles. The number of pyridine rings is 2. The number of nitrogens with zero attached hydrogens (tertiary/aromatic N) is 4. The van der Waals surface area contributed by atoms with Crippen molar-refractivity contribution >= 4 is 11.2 Å². The van der Waals surface area contributed by atoms with Gasteiger partial charge in [-0.2, -0.15) is 4.40 Å². The average molecular weight is 247 g/mol. The van der Waals surface area contributed by atoms with Gasteiger partial charge in [0.15, 0.2) is 6.20 Å². The fourth-order valence-electron chi connectivity index (χ4n) is 3.07. The average Bonchev–Trinajstić information content (AvgIpc) is 3.05. The van der Waals surface area contributed by atoms with E-state index in [0.717, 1.165) is 6.54 Å². The smallest absolute Gasteiger partial charge is 0.277 e. The zero-order chi connectivity index (χ0) is 12.4. The van der Waals surface area contributed by atoms with Crippen LogP contribution in [0.25, 0.3) is 22.6 Å². The number of hydrogen-bond donors (Lipinski definition) is 0. The van der Waals surface area contributed by atoms with Crippen LogP contribution < -0.4 is 4.57 Å². The monoisotopic (exact) mass is 247 g/mol. The van der Waals surface area contributed by atoms with Crippen LogP contribution in [0, 0.1) is 0 Å². The molecule has 5 rings (SSSR count). The van der Waals surface area contributed by atoms with Crippen molar-refractivity contribution in [2.24, 2.45) is 0 Å². The van der Waals surface area contributed by atoms with Gasteiger partial charge in [0.05, 0.1) is 11.1 Å². The van der Waals surface area contributed by atoms with E-state index in [1.807, 2.05) is 12.4 Å². The van der Waals surface area contributed by atoms with Gasteiger partial charge in [0, 0.05) is 24.2 Å². The molecular formula is C15H11N4+. The standard InChI is InChI=1S/C15H11N4/c1-2-6-18-12(3-1)9-19-14(18)10-17-8-11-4-5-16-7-13(11)15(17)19/h1-7,9-10H,8H2/q+1. The molecule has 1 aliphatic rings. The van der Waals surface area contributed by atoms with Crippen molar-refractivity contribution in [1.29, 1.82) is 0 Å². The first-order valence-corrected chi connectivity index (χ1v) is 6.36. The Morgan fingerprint density at radius 2 is 2.16 bits per heavy atom. The number of hydrogen-bond acceptors (Lipinski definition) is 1. The predicted octanol–water partition coefficient (Wildman–Crippen LogP) is 1.90. The van der Waals surface area contributed by atoms with Crippen LogP contribution in [0.5, 0.6) is 0 Å². The van der Waals surface area contributed by atoms with E-state index in [2.05, 4.69) is 61.2 Å². The van der Waals surface area contributed by atoms with Crippen molar-refractivity contribution in [3.8, 4) is 11.4 Å².